The van der Waals surface area contributed by atoms with Crippen molar-refractivity contribution in [3.63, 3.8) is 0 Å². The molecule has 1 atom stereocenters. The first-order valence-corrected chi connectivity index (χ1v) is 7.40. The summed E-state index contributed by atoms with van der Waals surface area (Å²) in [4.78, 5) is 0. The third-order valence-electron chi connectivity index (χ3n) is 3.24. The summed E-state index contributed by atoms with van der Waals surface area (Å²) in [6.07, 6.45) is -0.544. The van der Waals surface area contributed by atoms with E-state index in [-0.39, 0.29) is 17.6 Å². The molecule has 2 aromatic carbocycles. The zero-order valence-corrected chi connectivity index (χ0v) is 13.3. The number of rotatable bonds is 4. The van der Waals surface area contributed by atoms with E-state index in [2.05, 4.69) is 10.2 Å². The highest BCUT2D eigenvalue weighted by atomic mass is 35.5. The molecule has 3 aromatic rings. The van der Waals surface area contributed by atoms with Crippen LogP contribution in [0.3, 0.4) is 0 Å². The lowest BCUT2D eigenvalue weighted by atomic mass is 10.2. The Morgan fingerprint density at radius 2 is 1.96 bits per heavy atom. The molecule has 0 unspecified atom stereocenters. The van der Waals surface area contributed by atoms with Crippen molar-refractivity contribution in [1.82, 2.24) is 10.2 Å². The van der Waals surface area contributed by atoms with Gasteiger partial charge in [-0.15, -0.1) is 10.2 Å². The van der Waals surface area contributed by atoms with Gasteiger partial charge in [0.2, 0.25) is 5.89 Å². The Kier molecular flexibility index (Phi) is 4.45. The number of ether oxygens (including phenoxy) is 1. The Morgan fingerprint density at radius 3 is 2.62 bits per heavy atom. The highest BCUT2D eigenvalue weighted by Crippen LogP contribution is 2.30. The van der Waals surface area contributed by atoms with E-state index in [1.807, 2.05) is 6.07 Å². The zero-order chi connectivity index (χ0) is 17.1. The second-order valence-electron chi connectivity index (χ2n) is 4.97. The third kappa shape index (κ3) is 3.36. The van der Waals surface area contributed by atoms with Crippen molar-refractivity contribution in [2.24, 2.45) is 0 Å². The Labute approximate surface area is 142 Å². The number of aromatic nitrogens is 2. The molecule has 1 heterocycles. The normalized spacial score (nSPS) is 11.8. The molecule has 0 amide bonds. The number of halogens is 2. The SMILES string of the molecule is C[C@H](Oc1ccc(C#N)cc1Cl)c1nnc(-c2ccc(F)cc2)o1. The lowest BCUT2D eigenvalue weighted by molar-refractivity contribution is 0.190. The topological polar surface area (TPSA) is 71.9 Å². The van der Waals surface area contributed by atoms with Gasteiger partial charge in [0.05, 0.1) is 16.7 Å². The lowest BCUT2D eigenvalue weighted by Gasteiger charge is -2.12. The smallest absolute Gasteiger partial charge is 0.257 e. The van der Waals surface area contributed by atoms with Crippen molar-refractivity contribution < 1.29 is 13.5 Å². The predicted octanol–water partition coefficient (Wildman–Crippen LogP) is 4.54. The van der Waals surface area contributed by atoms with E-state index in [0.717, 1.165) is 0 Å². The van der Waals surface area contributed by atoms with Crippen molar-refractivity contribution in [2.45, 2.75) is 13.0 Å². The van der Waals surface area contributed by atoms with E-state index in [1.165, 1.54) is 18.2 Å². The van der Waals surface area contributed by atoms with Gasteiger partial charge in [-0.3, -0.25) is 0 Å². The zero-order valence-electron chi connectivity index (χ0n) is 12.5. The molecule has 0 radical (unpaired) electrons. The van der Waals surface area contributed by atoms with Gasteiger partial charge in [-0.05, 0) is 49.4 Å². The summed E-state index contributed by atoms with van der Waals surface area (Å²) in [7, 11) is 0. The molecule has 120 valence electrons. The Morgan fingerprint density at radius 1 is 1.21 bits per heavy atom. The van der Waals surface area contributed by atoms with Gasteiger partial charge in [0.25, 0.3) is 5.89 Å². The van der Waals surface area contributed by atoms with Crippen molar-refractivity contribution in [1.29, 1.82) is 5.26 Å². The van der Waals surface area contributed by atoms with Crippen LogP contribution in [-0.4, -0.2) is 10.2 Å². The quantitative estimate of drug-likeness (QED) is 0.695. The van der Waals surface area contributed by atoms with Crippen LogP contribution >= 0.6 is 11.6 Å². The fourth-order valence-corrected chi connectivity index (χ4v) is 2.24. The van der Waals surface area contributed by atoms with Gasteiger partial charge >= 0.3 is 0 Å². The van der Waals surface area contributed by atoms with Crippen LogP contribution in [0.1, 0.15) is 24.5 Å². The summed E-state index contributed by atoms with van der Waals surface area (Å²) in [6.45, 7) is 1.73. The van der Waals surface area contributed by atoms with Crippen LogP contribution in [0.2, 0.25) is 5.02 Å². The first-order valence-electron chi connectivity index (χ1n) is 7.02. The van der Waals surface area contributed by atoms with Gasteiger partial charge in [0, 0.05) is 5.56 Å². The average Bonchev–Trinajstić information content (AvgIpc) is 3.07. The van der Waals surface area contributed by atoms with Gasteiger partial charge in [-0.2, -0.15) is 5.26 Å². The second kappa shape index (κ2) is 6.69. The molecule has 0 aliphatic carbocycles. The van der Waals surface area contributed by atoms with Gasteiger partial charge in [0.15, 0.2) is 6.10 Å². The van der Waals surface area contributed by atoms with Crippen molar-refractivity contribution in [3.8, 4) is 23.3 Å². The minimum absolute atomic E-state index is 0.259. The van der Waals surface area contributed by atoms with Crippen LogP contribution in [0.5, 0.6) is 5.75 Å². The number of nitrogens with zero attached hydrogens (tertiary/aromatic N) is 3. The number of nitriles is 1. The van der Waals surface area contributed by atoms with Crippen molar-refractivity contribution >= 4 is 11.6 Å². The maximum absolute atomic E-state index is 13.0. The summed E-state index contributed by atoms with van der Waals surface area (Å²) < 4.78 is 24.2. The molecule has 0 aliphatic rings. The summed E-state index contributed by atoms with van der Waals surface area (Å²) in [5.74, 6) is 0.594. The van der Waals surface area contributed by atoms with Crippen LogP contribution in [-0.2, 0) is 0 Å². The average molecular weight is 344 g/mol. The lowest BCUT2D eigenvalue weighted by Crippen LogP contribution is -2.04. The largest absolute Gasteiger partial charge is 0.479 e. The maximum Gasteiger partial charge on any atom is 0.257 e. The van der Waals surface area contributed by atoms with Crippen LogP contribution in [0.15, 0.2) is 46.9 Å². The molecule has 24 heavy (non-hydrogen) atoms. The first-order chi connectivity index (χ1) is 11.6. The predicted molar refractivity (Wildman–Crippen MR) is 84.9 cm³/mol. The molecule has 0 saturated carbocycles. The maximum atomic E-state index is 13.0. The molecule has 0 aliphatic heterocycles. The van der Waals surface area contributed by atoms with Gasteiger partial charge < -0.3 is 9.15 Å². The highest BCUT2D eigenvalue weighted by molar-refractivity contribution is 6.32. The Balaban J connectivity index is 1.78. The summed E-state index contributed by atoms with van der Waals surface area (Å²) >= 11 is 6.08. The standard InChI is InChI=1S/C17H11ClFN3O2/c1-10(23-15-7-2-11(9-20)8-14(15)18)16-21-22-17(24-16)12-3-5-13(19)6-4-12/h2-8,10H,1H3/t10-/m0/s1. The molecule has 1 aromatic heterocycles. The number of hydrogen-bond donors (Lipinski definition) is 0. The Bertz CT molecular complexity index is 903. The van der Waals surface area contributed by atoms with E-state index in [1.54, 1.807) is 31.2 Å². The third-order valence-corrected chi connectivity index (χ3v) is 3.54. The molecular formula is C17H11ClFN3O2. The fraction of sp³-hybridized carbons (Fsp3) is 0.118. The first kappa shape index (κ1) is 16.0. The monoisotopic (exact) mass is 343 g/mol. The Hall–Kier alpha value is -2.91. The van der Waals surface area contributed by atoms with E-state index in [9.17, 15) is 4.39 Å². The van der Waals surface area contributed by atoms with E-state index in [4.69, 9.17) is 26.0 Å². The highest BCUT2D eigenvalue weighted by Gasteiger charge is 2.18. The molecule has 5 nitrogen and oxygen atoms in total. The molecular weight excluding hydrogens is 333 g/mol. The molecule has 0 N–H and O–H groups in total. The van der Waals surface area contributed by atoms with Crippen molar-refractivity contribution in [3.05, 3.63) is 64.8 Å². The summed E-state index contributed by atoms with van der Waals surface area (Å²) in [6, 6.07) is 12.5. The summed E-state index contributed by atoms with van der Waals surface area (Å²) in [5.41, 5.74) is 1.05. The van der Waals surface area contributed by atoms with E-state index in [0.29, 0.717) is 21.9 Å². The minimum Gasteiger partial charge on any atom is -0.479 e. The van der Waals surface area contributed by atoms with Crippen LogP contribution in [0.4, 0.5) is 4.39 Å². The molecule has 0 saturated heterocycles. The minimum atomic E-state index is -0.544. The van der Waals surface area contributed by atoms with Crippen molar-refractivity contribution in [2.75, 3.05) is 0 Å². The molecule has 0 spiro atoms. The van der Waals surface area contributed by atoms with Gasteiger partial charge in [-0.1, -0.05) is 11.6 Å². The second-order valence-corrected chi connectivity index (χ2v) is 5.38. The van der Waals surface area contributed by atoms with Crippen LogP contribution in [0.25, 0.3) is 11.5 Å². The number of hydrogen-bond acceptors (Lipinski definition) is 5. The fourth-order valence-electron chi connectivity index (χ4n) is 2.01. The summed E-state index contributed by atoms with van der Waals surface area (Å²) in [5, 5.41) is 17.0. The molecule has 0 bridgehead atoms. The van der Waals surface area contributed by atoms with E-state index < -0.39 is 6.10 Å². The van der Waals surface area contributed by atoms with Gasteiger partial charge in [0.1, 0.15) is 11.6 Å². The molecule has 7 heteroatoms. The molecule has 3 rings (SSSR count). The van der Waals surface area contributed by atoms with Gasteiger partial charge in [-0.25, -0.2) is 4.39 Å². The van der Waals surface area contributed by atoms with E-state index >= 15 is 0 Å². The van der Waals surface area contributed by atoms with Crippen LogP contribution in [0, 0.1) is 17.1 Å². The van der Waals surface area contributed by atoms with Crippen LogP contribution < -0.4 is 4.74 Å². The number of benzene rings is 2. The molecule has 0 fully saturated rings.